The maximum absolute atomic E-state index is 13.0. The Hall–Kier alpha value is -4.26. The number of carboxylic acids is 1. The Bertz CT molecular complexity index is 1510. The molecule has 0 aliphatic carbocycles. The molecule has 3 aromatic carbocycles. The number of benzene rings is 3. The van der Waals surface area contributed by atoms with Crippen molar-refractivity contribution in [2.45, 2.75) is 53.1 Å². The number of rotatable bonds is 9. The number of aromatic nitrogens is 1. The van der Waals surface area contributed by atoms with Gasteiger partial charge < -0.3 is 24.5 Å². The number of fused-ring (bicyclic) bond motifs is 1. The molecular formula is C32H36N2O5. The van der Waals surface area contributed by atoms with Gasteiger partial charge in [-0.05, 0) is 71.8 Å². The minimum Gasteiger partial charge on any atom is -0.493 e. The third-order valence-electron chi connectivity index (χ3n) is 7.09. The van der Waals surface area contributed by atoms with Crippen molar-refractivity contribution in [1.82, 2.24) is 9.88 Å². The summed E-state index contributed by atoms with van der Waals surface area (Å²) in [4.78, 5) is 24.0. The summed E-state index contributed by atoms with van der Waals surface area (Å²) in [6.07, 6.45) is 0. The molecule has 2 N–H and O–H groups in total. The van der Waals surface area contributed by atoms with E-state index in [2.05, 4.69) is 68.8 Å². The topological polar surface area (TPSA) is 89.8 Å². The molecule has 1 heterocycles. The van der Waals surface area contributed by atoms with E-state index in [-0.39, 0.29) is 11.3 Å². The molecule has 0 aliphatic rings. The number of carbonyl (C=O) groups excluding carboxylic acids is 1. The van der Waals surface area contributed by atoms with Crippen LogP contribution < -0.4 is 14.8 Å². The van der Waals surface area contributed by atoms with E-state index in [0.29, 0.717) is 30.2 Å². The molecule has 7 heteroatoms. The van der Waals surface area contributed by atoms with Crippen LogP contribution in [0.2, 0.25) is 0 Å². The molecule has 204 valence electrons. The van der Waals surface area contributed by atoms with Crippen molar-refractivity contribution < 1.29 is 24.2 Å². The lowest BCUT2D eigenvalue weighted by Crippen LogP contribution is -2.22. The van der Waals surface area contributed by atoms with Crippen molar-refractivity contribution in [3.63, 3.8) is 0 Å². The molecule has 0 unspecified atom stereocenters. The third kappa shape index (κ3) is 6.25. The molecule has 0 atom stereocenters. The highest BCUT2D eigenvalue weighted by atomic mass is 16.5. The SMILES string of the molecule is COc1ccc(Cn2c(C)c(C)c3cc(C(=O)NCc4ccc(C(C)(C)C)cc4)ccc32)cc1OCC(=O)O. The van der Waals surface area contributed by atoms with Crippen LogP contribution >= 0.6 is 0 Å². The zero-order valence-electron chi connectivity index (χ0n) is 23.4. The number of nitrogens with zero attached hydrogens (tertiary/aromatic N) is 1. The van der Waals surface area contributed by atoms with Crippen molar-refractivity contribution in [1.29, 1.82) is 0 Å². The number of carbonyl (C=O) groups is 2. The predicted octanol–water partition coefficient (Wildman–Crippen LogP) is 6.01. The predicted molar refractivity (Wildman–Crippen MR) is 153 cm³/mol. The summed E-state index contributed by atoms with van der Waals surface area (Å²) in [6, 6.07) is 19.7. The van der Waals surface area contributed by atoms with Gasteiger partial charge in [0.15, 0.2) is 18.1 Å². The lowest BCUT2D eigenvalue weighted by atomic mass is 9.87. The lowest BCUT2D eigenvalue weighted by Gasteiger charge is -2.19. The van der Waals surface area contributed by atoms with E-state index in [1.165, 1.54) is 12.7 Å². The summed E-state index contributed by atoms with van der Waals surface area (Å²) >= 11 is 0. The third-order valence-corrected chi connectivity index (χ3v) is 7.09. The van der Waals surface area contributed by atoms with Gasteiger partial charge in [0.2, 0.25) is 0 Å². The summed E-state index contributed by atoms with van der Waals surface area (Å²) in [7, 11) is 1.52. The maximum atomic E-state index is 13.0. The van der Waals surface area contributed by atoms with Gasteiger partial charge in [-0.15, -0.1) is 0 Å². The molecule has 0 aliphatic heterocycles. The number of ether oxygens (including phenoxy) is 2. The van der Waals surface area contributed by atoms with Crippen LogP contribution in [0.1, 0.15) is 59.1 Å². The van der Waals surface area contributed by atoms with Crippen molar-refractivity contribution in [3.05, 3.63) is 94.2 Å². The van der Waals surface area contributed by atoms with Gasteiger partial charge in [0.1, 0.15) is 0 Å². The van der Waals surface area contributed by atoms with Gasteiger partial charge in [-0.1, -0.05) is 51.1 Å². The fourth-order valence-corrected chi connectivity index (χ4v) is 4.66. The number of nitrogens with one attached hydrogen (secondary N) is 1. The number of aliphatic carboxylic acids is 1. The quantitative estimate of drug-likeness (QED) is 0.278. The van der Waals surface area contributed by atoms with Crippen LogP contribution in [0.5, 0.6) is 11.5 Å². The first kappa shape index (κ1) is 27.8. The molecule has 0 saturated carbocycles. The van der Waals surface area contributed by atoms with E-state index in [1.54, 1.807) is 12.1 Å². The first-order valence-corrected chi connectivity index (χ1v) is 13.0. The van der Waals surface area contributed by atoms with Crippen LogP contribution in [0.15, 0.2) is 60.7 Å². The Balaban J connectivity index is 1.53. The molecular weight excluding hydrogens is 492 g/mol. The van der Waals surface area contributed by atoms with Crippen LogP contribution in [0, 0.1) is 13.8 Å². The summed E-state index contributed by atoms with van der Waals surface area (Å²) in [5, 5.41) is 13.1. The Morgan fingerprint density at radius 3 is 2.26 bits per heavy atom. The normalized spacial score (nSPS) is 11.4. The standard InChI is InChI=1S/C32H36N2O5/c1-20-21(2)34(18-23-9-14-28(38-6)29(15-23)39-19-30(35)36)27-13-10-24(16-26(20)27)31(37)33-17-22-7-11-25(12-8-22)32(3,4)5/h7-16H,17-19H2,1-6H3,(H,33,37)(H,35,36). The average molecular weight is 529 g/mol. The highest BCUT2D eigenvalue weighted by Gasteiger charge is 2.16. The molecule has 4 aromatic rings. The van der Waals surface area contributed by atoms with Crippen molar-refractivity contribution in [3.8, 4) is 11.5 Å². The second-order valence-corrected chi connectivity index (χ2v) is 10.8. The second-order valence-electron chi connectivity index (χ2n) is 10.8. The Morgan fingerprint density at radius 1 is 0.923 bits per heavy atom. The van der Waals surface area contributed by atoms with Gasteiger partial charge in [0.25, 0.3) is 5.91 Å². The average Bonchev–Trinajstić information content (AvgIpc) is 3.14. The zero-order valence-corrected chi connectivity index (χ0v) is 23.4. The number of carboxylic acid groups (broad SMARTS) is 1. The van der Waals surface area contributed by atoms with Crippen molar-refractivity contribution in [2.24, 2.45) is 0 Å². The van der Waals surface area contributed by atoms with Crippen molar-refractivity contribution in [2.75, 3.05) is 13.7 Å². The van der Waals surface area contributed by atoms with E-state index in [0.717, 1.165) is 33.3 Å². The molecule has 0 spiro atoms. The molecule has 1 aromatic heterocycles. The van der Waals surface area contributed by atoms with E-state index in [1.807, 2.05) is 24.3 Å². The lowest BCUT2D eigenvalue weighted by molar-refractivity contribution is -0.139. The minimum atomic E-state index is -1.05. The zero-order chi connectivity index (χ0) is 28.3. The largest absolute Gasteiger partial charge is 0.493 e. The summed E-state index contributed by atoms with van der Waals surface area (Å²) < 4.78 is 12.9. The summed E-state index contributed by atoms with van der Waals surface area (Å²) in [5.74, 6) is -0.304. The van der Waals surface area contributed by atoms with E-state index < -0.39 is 12.6 Å². The Kier molecular flexibility index (Phi) is 8.00. The fourth-order valence-electron chi connectivity index (χ4n) is 4.66. The number of hydrogen-bond donors (Lipinski definition) is 2. The second kappa shape index (κ2) is 11.2. The summed E-state index contributed by atoms with van der Waals surface area (Å²) in [5.41, 5.74) is 7.17. The highest BCUT2D eigenvalue weighted by Crippen LogP contribution is 2.31. The van der Waals surface area contributed by atoms with Gasteiger partial charge in [-0.25, -0.2) is 4.79 Å². The molecule has 0 fully saturated rings. The van der Waals surface area contributed by atoms with Gasteiger partial charge in [0.05, 0.1) is 7.11 Å². The monoisotopic (exact) mass is 528 g/mol. The smallest absolute Gasteiger partial charge is 0.341 e. The molecule has 0 bridgehead atoms. The van der Waals surface area contributed by atoms with Crippen LogP contribution in [0.25, 0.3) is 10.9 Å². The van der Waals surface area contributed by atoms with Gasteiger partial charge in [0, 0.05) is 35.2 Å². The highest BCUT2D eigenvalue weighted by molar-refractivity contribution is 5.99. The molecule has 1 amide bonds. The van der Waals surface area contributed by atoms with E-state index in [9.17, 15) is 9.59 Å². The Morgan fingerprint density at radius 2 is 1.62 bits per heavy atom. The number of aryl methyl sites for hydroxylation is 1. The van der Waals surface area contributed by atoms with Crippen molar-refractivity contribution >= 4 is 22.8 Å². The first-order valence-electron chi connectivity index (χ1n) is 13.0. The van der Waals surface area contributed by atoms with Crippen LogP contribution in [0.4, 0.5) is 0 Å². The minimum absolute atomic E-state index is 0.0907. The molecule has 4 rings (SSSR count). The number of amides is 1. The van der Waals surface area contributed by atoms with Gasteiger partial charge in [-0.3, -0.25) is 4.79 Å². The van der Waals surface area contributed by atoms with Crippen LogP contribution in [-0.4, -0.2) is 35.3 Å². The first-order chi connectivity index (χ1) is 18.5. The van der Waals surface area contributed by atoms with Gasteiger partial charge >= 0.3 is 5.97 Å². The summed E-state index contributed by atoms with van der Waals surface area (Å²) in [6.45, 7) is 11.2. The number of methoxy groups -OCH3 is 1. The molecule has 0 radical (unpaired) electrons. The number of hydrogen-bond acceptors (Lipinski definition) is 4. The Labute approximate surface area is 229 Å². The van der Waals surface area contributed by atoms with Gasteiger partial charge in [-0.2, -0.15) is 0 Å². The van der Waals surface area contributed by atoms with E-state index >= 15 is 0 Å². The maximum Gasteiger partial charge on any atom is 0.341 e. The fraction of sp³-hybridized carbons (Fsp3) is 0.312. The van der Waals surface area contributed by atoms with Crippen LogP contribution in [0.3, 0.4) is 0 Å². The molecule has 0 saturated heterocycles. The van der Waals surface area contributed by atoms with E-state index in [4.69, 9.17) is 14.6 Å². The molecule has 39 heavy (non-hydrogen) atoms. The van der Waals surface area contributed by atoms with Crippen LogP contribution in [-0.2, 0) is 23.3 Å². The molecule has 7 nitrogen and oxygen atoms in total.